The maximum absolute atomic E-state index is 13.2. The lowest BCUT2D eigenvalue weighted by molar-refractivity contribution is 0.0655. The third-order valence-electron chi connectivity index (χ3n) is 4.24. The highest BCUT2D eigenvalue weighted by atomic mass is 79.9. The van der Waals surface area contributed by atoms with Crippen molar-refractivity contribution in [1.29, 1.82) is 0 Å². The number of ether oxygens (including phenoxy) is 1. The van der Waals surface area contributed by atoms with Crippen LogP contribution in [-0.4, -0.2) is 30.1 Å². The molecule has 2 fully saturated rings. The molecule has 4 heteroatoms. The summed E-state index contributed by atoms with van der Waals surface area (Å²) in [5.41, 5.74) is 0. The largest absolute Gasteiger partial charge is 0.489 e. The number of hydrogen-bond acceptors (Lipinski definition) is 2. The maximum Gasteiger partial charge on any atom is 0.136 e. The summed E-state index contributed by atoms with van der Waals surface area (Å²) >= 11 is 3.41. The van der Waals surface area contributed by atoms with Crippen LogP contribution >= 0.6 is 15.9 Å². The average molecular weight is 314 g/mol. The van der Waals surface area contributed by atoms with Crippen LogP contribution in [-0.2, 0) is 0 Å². The lowest BCUT2D eigenvalue weighted by Gasteiger charge is -2.36. The lowest BCUT2D eigenvalue weighted by Crippen LogP contribution is -2.43. The smallest absolute Gasteiger partial charge is 0.136 e. The van der Waals surface area contributed by atoms with Crippen LogP contribution in [0.25, 0.3) is 0 Å². The number of nitrogens with zero attached hydrogens (tertiary/aromatic N) is 1. The van der Waals surface area contributed by atoms with Crippen molar-refractivity contribution in [2.24, 2.45) is 0 Å². The molecule has 0 amide bonds. The van der Waals surface area contributed by atoms with E-state index in [-0.39, 0.29) is 11.9 Å². The van der Waals surface area contributed by atoms with Crippen molar-refractivity contribution in [2.45, 2.75) is 43.9 Å². The van der Waals surface area contributed by atoms with Crippen LogP contribution in [0.1, 0.15) is 25.7 Å². The zero-order valence-electron chi connectivity index (χ0n) is 10.4. The molecule has 98 valence electrons. The number of halogens is 2. The van der Waals surface area contributed by atoms with Gasteiger partial charge in [0, 0.05) is 18.2 Å². The molecule has 1 aromatic rings. The molecule has 2 saturated heterocycles. The Bertz CT molecular complexity index is 439. The summed E-state index contributed by atoms with van der Waals surface area (Å²) in [6.07, 6.45) is 4.86. The van der Waals surface area contributed by atoms with E-state index in [9.17, 15) is 4.39 Å². The van der Waals surface area contributed by atoms with E-state index in [0.29, 0.717) is 17.8 Å². The second kappa shape index (κ2) is 4.82. The molecule has 0 radical (unpaired) electrons. The van der Waals surface area contributed by atoms with Crippen LogP contribution < -0.4 is 4.74 Å². The first kappa shape index (κ1) is 12.4. The molecule has 2 nitrogen and oxygen atoms in total. The quantitative estimate of drug-likeness (QED) is 0.827. The molecular weight excluding hydrogens is 297 g/mol. The summed E-state index contributed by atoms with van der Waals surface area (Å²) in [7, 11) is 2.21. The first-order chi connectivity index (χ1) is 8.63. The first-order valence-electron chi connectivity index (χ1n) is 6.47. The molecule has 2 bridgehead atoms. The summed E-state index contributed by atoms with van der Waals surface area (Å²) < 4.78 is 20.0. The molecule has 0 spiro atoms. The van der Waals surface area contributed by atoms with E-state index in [0.717, 1.165) is 17.3 Å². The van der Waals surface area contributed by atoms with Crippen LogP contribution in [0.5, 0.6) is 5.75 Å². The van der Waals surface area contributed by atoms with Gasteiger partial charge in [-0.05, 0) is 60.8 Å². The van der Waals surface area contributed by atoms with Gasteiger partial charge in [-0.2, -0.15) is 0 Å². The van der Waals surface area contributed by atoms with Gasteiger partial charge in [0.2, 0.25) is 0 Å². The van der Waals surface area contributed by atoms with Crippen LogP contribution in [0, 0.1) is 5.82 Å². The van der Waals surface area contributed by atoms with Gasteiger partial charge in [-0.25, -0.2) is 4.39 Å². The second-order valence-corrected chi connectivity index (χ2v) is 6.19. The Balaban J connectivity index is 1.72. The van der Waals surface area contributed by atoms with Crippen LogP contribution in [0.2, 0.25) is 0 Å². The molecule has 3 atom stereocenters. The summed E-state index contributed by atoms with van der Waals surface area (Å²) in [6, 6.07) is 5.88. The molecule has 0 unspecified atom stereocenters. The first-order valence-corrected chi connectivity index (χ1v) is 7.26. The van der Waals surface area contributed by atoms with Gasteiger partial charge in [0.05, 0.1) is 4.47 Å². The highest BCUT2D eigenvalue weighted by Gasteiger charge is 2.39. The molecule has 2 aliphatic heterocycles. The monoisotopic (exact) mass is 313 g/mol. The fourth-order valence-electron chi connectivity index (χ4n) is 3.20. The van der Waals surface area contributed by atoms with E-state index in [2.05, 4.69) is 27.9 Å². The maximum atomic E-state index is 13.2. The zero-order valence-corrected chi connectivity index (χ0v) is 12.0. The lowest BCUT2D eigenvalue weighted by atomic mass is 10.0. The SMILES string of the molecule is CN1[C@@H]2CC[C@H]1C[C@@H](Oc1cc(F)ccc1Br)C2. The van der Waals surface area contributed by atoms with Gasteiger partial charge in [-0.15, -0.1) is 0 Å². The van der Waals surface area contributed by atoms with Crippen LogP contribution in [0.3, 0.4) is 0 Å². The molecular formula is C14H17BrFNO. The number of rotatable bonds is 2. The van der Waals surface area contributed by atoms with Crippen molar-refractivity contribution in [2.75, 3.05) is 7.05 Å². The summed E-state index contributed by atoms with van der Waals surface area (Å²) in [4.78, 5) is 2.47. The molecule has 3 rings (SSSR count). The zero-order chi connectivity index (χ0) is 12.7. The van der Waals surface area contributed by atoms with Gasteiger partial charge in [-0.1, -0.05) is 0 Å². The van der Waals surface area contributed by atoms with E-state index in [4.69, 9.17) is 4.74 Å². The number of fused-ring (bicyclic) bond motifs is 2. The fourth-order valence-corrected chi connectivity index (χ4v) is 3.54. The molecule has 0 aliphatic carbocycles. The Morgan fingerprint density at radius 3 is 2.61 bits per heavy atom. The van der Waals surface area contributed by atoms with Crippen molar-refractivity contribution in [3.05, 3.63) is 28.5 Å². The molecule has 1 aromatic carbocycles. The normalized spacial score (nSPS) is 31.6. The van der Waals surface area contributed by atoms with Gasteiger partial charge in [0.1, 0.15) is 17.7 Å². The van der Waals surface area contributed by atoms with Crippen molar-refractivity contribution < 1.29 is 9.13 Å². The molecule has 18 heavy (non-hydrogen) atoms. The minimum Gasteiger partial charge on any atom is -0.489 e. The second-order valence-electron chi connectivity index (χ2n) is 5.34. The fraction of sp³-hybridized carbons (Fsp3) is 0.571. The molecule has 0 aromatic heterocycles. The summed E-state index contributed by atoms with van der Waals surface area (Å²) in [5.74, 6) is 0.382. The van der Waals surface area contributed by atoms with E-state index < -0.39 is 0 Å². The van der Waals surface area contributed by atoms with Crippen molar-refractivity contribution in [3.63, 3.8) is 0 Å². The topological polar surface area (TPSA) is 12.5 Å². The minimum atomic E-state index is -0.246. The Morgan fingerprint density at radius 2 is 1.94 bits per heavy atom. The molecule has 0 saturated carbocycles. The standard InChI is InChI=1S/C14H17BrFNO/c1-17-10-3-4-11(17)8-12(7-10)18-14-6-9(16)2-5-13(14)15/h2,5-6,10-12H,3-4,7-8H2,1H3/t10-,11+,12+. The van der Waals surface area contributed by atoms with Gasteiger partial charge >= 0.3 is 0 Å². The van der Waals surface area contributed by atoms with E-state index in [1.807, 2.05) is 0 Å². The van der Waals surface area contributed by atoms with Gasteiger partial charge in [-0.3, -0.25) is 0 Å². The Kier molecular flexibility index (Phi) is 3.32. The molecule has 0 N–H and O–H groups in total. The van der Waals surface area contributed by atoms with Crippen LogP contribution in [0.4, 0.5) is 4.39 Å². The number of hydrogen-bond donors (Lipinski definition) is 0. The summed E-state index contributed by atoms with van der Waals surface area (Å²) in [5, 5.41) is 0. The molecule has 2 aliphatic rings. The Morgan fingerprint density at radius 1 is 1.28 bits per heavy atom. The highest BCUT2D eigenvalue weighted by molar-refractivity contribution is 9.10. The van der Waals surface area contributed by atoms with Crippen molar-refractivity contribution in [3.8, 4) is 5.75 Å². The van der Waals surface area contributed by atoms with E-state index in [1.165, 1.54) is 25.0 Å². The molecule has 2 heterocycles. The third kappa shape index (κ3) is 2.28. The predicted molar refractivity (Wildman–Crippen MR) is 72.3 cm³/mol. The van der Waals surface area contributed by atoms with E-state index in [1.54, 1.807) is 6.07 Å². The summed E-state index contributed by atoms with van der Waals surface area (Å²) in [6.45, 7) is 0. The van der Waals surface area contributed by atoms with Crippen molar-refractivity contribution >= 4 is 15.9 Å². The minimum absolute atomic E-state index is 0.219. The van der Waals surface area contributed by atoms with Gasteiger partial charge in [0.15, 0.2) is 0 Å². The third-order valence-corrected chi connectivity index (χ3v) is 4.90. The highest BCUT2D eigenvalue weighted by Crippen LogP contribution is 2.37. The average Bonchev–Trinajstić information content (AvgIpc) is 2.58. The predicted octanol–water partition coefficient (Wildman–Crippen LogP) is 3.59. The Hall–Kier alpha value is -0.610. The Labute approximate surface area is 115 Å². The van der Waals surface area contributed by atoms with Crippen LogP contribution in [0.15, 0.2) is 22.7 Å². The van der Waals surface area contributed by atoms with E-state index >= 15 is 0 Å². The van der Waals surface area contributed by atoms with Crippen molar-refractivity contribution in [1.82, 2.24) is 4.90 Å². The van der Waals surface area contributed by atoms with Gasteiger partial charge < -0.3 is 9.64 Å². The number of piperidine rings is 1. The van der Waals surface area contributed by atoms with Gasteiger partial charge in [0.25, 0.3) is 0 Å². The number of benzene rings is 1.